The van der Waals surface area contributed by atoms with Crippen molar-refractivity contribution in [3.05, 3.63) is 0 Å². The summed E-state index contributed by atoms with van der Waals surface area (Å²) in [4.78, 5) is 0. The zero-order chi connectivity index (χ0) is 4.71. The van der Waals surface area contributed by atoms with Gasteiger partial charge in [-0.2, -0.15) is 0 Å². The van der Waals surface area contributed by atoms with Gasteiger partial charge >= 0.3 is 0 Å². The number of rotatable bonds is 0. The molecule has 0 unspecified atom stereocenters. The fraction of sp³-hybridized carbons (Fsp3) is 0.667. The molecular weight excluding hydrogens is 66.0 g/mol. The maximum atomic E-state index is 7.57. The SMILES string of the molecule is C=N.CCO. The van der Waals surface area contributed by atoms with Crippen LogP contribution in [0.2, 0.25) is 0 Å². The van der Waals surface area contributed by atoms with Crippen LogP contribution in [-0.2, 0) is 0 Å². The summed E-state index contributed by atoms with van der Waals surface area (Å²) in [5.41, 5.74) is 0. The Morgan fingerprint density at radius 1 is 1.80 bits per heavy atom. The molecule has 0 heterocycles. The van der Waals surface area contributed by atoms with Crippen LogP contribution in [0.3, 0.4) is 0 Å². The Kier molecular flexibility index (Phi) is 112. The lowest BCUT2D eigenvalue weighted by Gasteiger charge is -1.52. The summed E-state index contributed by atoms with van der Waals surface area (Å²) in [6.07, 6.45) is 0. The van der Waals surface area contributed by atoms with Crippen molar-refractivity contribution in [2.75, 3.05) is 6.61 Å². The van der Waals surface area contributed by atoms with Crippen LogP contribution in [0.15, 0.2) is 0 Å². The highest BCUT2D eigenvalue weighted by Crippen LogP contribution is 1.30. The quantitative estimate of drug-likeness (QED) is 0.399. The Bertz CT molecular complexity index is 10.9. The minimum atomic E-state index is 0.250. The van der Waals surface area contributed by atoms with Crippen LogP contribution >= 0.6 is 0 Å². The van der Waals surface area contributed by atoms with Crippen molar-refractivity contribution in [3.8, 4) is 0 Å². The standard InChI is InChI=1S/C2H6O.CH3N/c1-2-3;1-2/h3H,2H2,1H3;2H,1H2. The zero-order valence-electron chi connectivity index (χ0n) is 3.36. The van der Waals surface area contributed by atoms with Gasteiger partial charge in [0.15, 0.2) is 0 Å². The summed E-state index contributed by atoms with van der Waals surface area (Å²) in [5.74, 6) is 0. The highest BCUT2D eigenvalue weighted by Gasteiger charge is 1.34. The van der Waals surface area contributed by atoms with E-state index in [9.17, 15) is 0 Å². The van der Waals surface area contributed by atoms with Crippen LogP contribution < -0.4 is 0 Å². The maximum absolute atomic E-state index is 7.57. The van der Waals surface area contributed by atoms with E-state index in [4.69, 9.17) is 10.5 Å². The first kappa shape index (κ1) is 8.82. The Balaban J connectivity index is 0. The minimum absolute atomic E-state index is 0.250. The van der Waals surface area contributed by atoms with E-state index in [1.807, 2.05) is 0 Å². The lowest BCUT2D eigenvalue weighted by molar-refractivity contribution is 0.318. The summed E-state index contributed by atoms with van der Waals surface area (Å²) >= 11 is 0. The summed E-state index contributed by atoms with van der Waals surface area (Å²) in [6.45, 7) is 4.43. The third-order valence-electron chi connectivity index (χ3n) is 0. The second kappa shape index (κ2) is 63.3. The van der Waals surface area contributed by atoms with Crippen LogP contribution in [0, 0.1) is 5.41 Å². The highest BCUT2D eigenvalue weighted by molar-refractivity contribution is 5.15. The molecule has 0 saturated carbocycles. The largest absolute Gasteiger partial charge is 0.397 e. The maximum Gasteiger partial charge on any atom is 0.0402 e. The molecule has 2 nitrogen and oxygen atoms in total. The first-order valence-corrected chi connectivity index (χ1v) is 1.38. The van der Waals surface area contributed by atoms with E-state index in [0.717, 1.165) is 0 Å². The van der Waals surface area contributed by atoms with Crippen molar-refractivity contribution in [1.82, 2.24) is 0 Å². The Morgan fingerprint density at radius 3 is 1.80 bits per heavy atom. The molecule has 0 amide bonds. The van der Waals surface area contributed by atoms with Crippen molar-refractivity contribution >= 4 is 6.72 Å². The van der Waals surface area contributed by atoms with Crippen molar-refractivity contribution in [2.24, 2.45) is 0 Å². The molecule has 0 aromatic carbocycles. The van der Waals surface area contributed by atoms with E-state index in [1.165, 1.54) is 0 Å². The molecule has 0 aromatic heterocycles. The monoisotopic (exact) mass is 75.1 g/mol. The van der Waals surface area contributed by atoms with Gasteiger partial charge in [-0.3, -0.25) is 0 Å². The first-order chi connectivity index (χ1) is 2.41. The molecule has 0 rings (SSSR count). The Labute approximate surface area is 32.0 Å². The molecule has 0 aliphatic rings. The van der Waals surface area contributed by atoms with Gasteiger partial charge < -0.3 is 10.5 Å². The van der Waals surface area contributed by atoms with Crippen LogP contribution in [0.4, 0.5) is 0 Å². The number of aliphatic hydroxyl groups is 1. The normalized spacial score (nSPS) is 4.40. The van der Waals surface area contributed by atoms with Crippen molar-refractivity contribution < 1.29 is 5.11 Å². The third-order valence-corrected chi connectivity index (χ3v) is 0. The zero-order valence-corrected chi connectivity index (χ0v) is 3.36. The van der Waals surface area contributed by atoms with Crippen LogP contribution in [-0.4, -0.2) is 18.4 Å². The van der Waals surface area contributed by atoms with Gasteiger partial charge in [0.05, 0.1) is 0 Å². The van der Waals surface area contributed by atoms with E-state index < -0.39 is 0 Å². The predicted octanol–water partition coefficient (Wildman–Crippen LogP) is 0.264. The minimum Gasteiger partial charge on any atom is -0.397 e. The van der Waals surface area contributed by atoms with Crippen molar-refractivity contribution in [2.45, 2.75) is 6.92 Å². The number of aliphatic hydroxyl groups excluding tert-OH is 1. The summed E-state index contributed by atoms with van der Waals surface area (Å²) in [6, 6.07) is 0. The summed E-state index contributed by atoms with van der Waals surface area (Å²) < 4.78 is 0. The summed E-state index contributed by atoms with van der Waals surface area (Å²) in [5, 5.41) is 13.1. The molecule has 0 aliphatic carbocycles. The van der Waals surface area contributed by atoms with Crippen LogP contribution in [0.1, 0.15) is 6.92 Å². The second-order valence-corrected chi connectivity index (χ2v) is 0.316. The molecule has 0 aromatic rings. The molecule has 0 atom stereocenters. The second-order valence-electron chi connectivity index (χ2n) is 0.316. The molecule has 2 heteroatoms. The van der Waals surface area contributed by atoms with Gasteiger partial charge in [0.1, 0.15) is 0 Å². The molecule has 0 spiro atoms. The van der Waals surface area contributed by atoms with Gasteiger partial charge in [0.2, 0.25) is 0 Å². The van der Waals surface area contributed by atoms with E-state index in [-0.39, 0.29) is 6.61 Å². The van der Waals surface area contributed by atoms with Crippen molar-refractivity contribution in [1.29, 1.82) is 5.41 Å². The molecular formula is C3H9NO. The fourth-order valence-electron chi connectivity index (χ4n) is 0. The molecule has 0 aliphatic heterocycles. The van der Waals surface area contributed by atoms with Gasteiger partial charge in [-0.1, -0.05) is 0 Å². The van der Waals surface area contributed by atoms with E-state index in [1.54, 1.807) is 6.92 Å². The molecule has 0 bridgehead atoms. The fourth-order valence-corrected chi connectivity index (χ4v) is 0. The third kappa shape index (κ3) is 70.4. The van der Waals surface area contributed by atoms with Gasteiger partial charge in [-0.05, 0) is 13.6 Å². The Morgan fingerprint density at radius 2 is 1.80 bits per heavy atom. The molecule has 32 valence electrons. The van der Waals surface area contributed by atoms with Gasteiger partial charge in [-0.25, -0.2) is 0 Å². The molecule has 0 saturated heterocycles. The number of hydrogen-bond acceptors (Lipinski definition) is 2. The average Bonchev–Trinajstić information content (AvgIpc) is 1.46. The number of nitrogens with one attached hydrogen (secondary N) is 1. The van der Waals surface area contributed by atoms with Crippen molar-refractivity contribution in [3.63, 3.8) is 0 Å². The average molecular weight is 75.1 g/mol. The molecule has 0 radical (unpaired) electrons. The van der Waals surface area contributed by atoms with Gasteiger partial charge in [0.25, 0.3) is 0 Å². The Hall–Kier alpha value is -0.370. The molecule has 2 N–H and O–H groups in total. The molecule has 5 heavy (non-hydrogen) atoms. The van der Waals surface area contributed by atoms with Crippen LogP contribution in [0.5, 0.6) is 0 Å². The number of hydrogen-bond donors (Lipinski definition) is 2. The van der Waals surface area contributed by atoms with Gasteiger partial charge in [0, 0.05) is 6.61 Å². The molecule has 0 fully saturated rings. The topological polar surface area (TPSA) is 44.1 Å². The van der Waals surface area contributed by atoms with E-state index in [2.05, 4.69) is 6.72 Å². The lowest BCUT2D eigenvalue weighted by atomic mass is 10.9. The van der Waals surface area contributed by atoms with Crippen LogP contribution in [0.25, 0.3) is 0 Å². The lowest BCUT2D eigenvalue weighted by Crippen LogP contribution is -1.57. The van der Waals surface area contributed by atoms with E-state index >= 15 is 0 Å². The van der Waals surface area contributed by atoms with E-state index in [0.29, 0.717) is 0 Å². The smallest absolute Gasteiger partial charge is 0.0402 e. The van der Waals surface area contributed by atoms with Gasteiger partial charge in [-0.15, -0.1) is 0 Å². The highest BCUT2D eigenvalue weighted by atomic mass is 16.2. The summed E-state index contributed by atoms with van der Waals surface area (Å²) in [7, 11) is 0. The predicted molar refractivity (Wildman–Crippen MR) is 22.6 cm³/mol. The first-order valence-electron chi connectivity index (χ1n) is 1.38.